The van der Waals surface area contributed by atoms with E-state index < -0.39 is 11.1 Å². The van der Waals surface area contributed by atoms with E-state index in [4.69, 9.17) is 0 Å². The fourth-order valence-corrected chi connectivity index (χ4v) is 2.87. The number of thioether (sulfide) groups is 1. The fraction of sp³-hybridized carbons (Fsp3) is 0.444. The highest BCUT2D eigenvalue weighted by molar-refractivity contribution is 8.00. The lowest BCUT2D eigenvalue weighted by Crippen LogP contribution is -2.28. The highest BCUT2D eigenvalue weighted by Crippen LogP contribution is 2.38. The van der Waals surface area contributed by atoms with Crippen LogP contribution in [0.1, 0.15) is 15.2 Å². The molecule has 0 amide bonds. The van der Waals surface area contributed by atoms with Crippen molar-refractivity contribution in [1.29, 1.82) is 0 Å². The van der Waals surface area contributed by atoms with Gasteiger partial charge in [0.1, 0.15) is 4.88 Å². The molecule has 0 spiro atoms. The summed E-state index contributed by atoms with van der Waals surface area (Å²) in [4.78, 5) is 10.9. The molecule has 0 bridgehead atoms. The van der Waals surface area contributed by atoms with E-state index in [2.05, 4.69) is 0 Å². The van der Waals surface area contributed by atoms with Gasteiger partial charge in [0.15, 0.2) is 5.78 Å². The number of ketones is 1. The SMILES string of the molecule is O=C(c1ccsc1C(F)(F)F)C1CSC1. The van der Waals surface area contributed by atoms with Crippen LogP contribution in [0.3, 0.4) is 0 Å². The van der Waals surface area contributed by atoms with Gasteiger partial charge in [-0.3, -0.25) is 4.79 Å². The van der Waals surface area contributed by atoms with Crippen molar-refractivity contribution in [3.05, 3.63) is 21.9 Å². The van der Waals surface area contributed by atoms with Crippen molar-refractivity contribution >= 4 is 28.9 Å². The summed E-state index contributed by atoms with van der Waals surface area (Å²) in [7, 11) is 0. The molecule has 0 N–H and O–H groups in total. The van der Waals surface area contributed by atoms with Crippen LogP contribution in [0, 0.1) is 5.92 Å². The van der Waals surface area contributed by atoms with E-state index in [1.54, 1.807) is 11.8 Å². The first-order valence-electron chi connectivity index (χ1n) is 4.27. The van der Waals surface area contributed by atoms with Crippen LogP contribution >= 0.6 is 23.1 Å². The van der Waals surface area contributed by atoms with Crippen LogP contribution in [0.5, 0.6) is 0 Å². The van der Waals surface area contributed by atoms with Gasteiger partial charge in [0.25, 0.3) is 0 Å². The maximum atomic E-state index is 12.5. The number of alkyl halides is 3. The molecule has 1 saturated heterocycles. The lowest BCUT2D eigenvalue weighted by Gasteiger charge is -2.23. The van der Waals surface area contributed by atoms with E-state index in [-0.39, 0.29) is 17.3 Å². The van der Waals surface area contributed by atoms with Crippen molar-refractivity contribution in [2.75, 3.05) is 11.5 Å². The van der Waals surface area contributed by atoms with Crippen molar-refractivity contribution in [3.8, 4) is 0 Å². The van der Waals surface area contributed by atoms with Crippen molar-refractivity contribution < 1.29 is 18.0 Å². The van der Waals surface area contributed by atoms with Crippen LogP contribution in [-0.2, 0) is 6.18 Å². The van der Waals surface area contributed by atoms with Crippen molar-refractivity contribution in [3.63, 3.8) is 0 Å². The van der Waals surface area contributed by atoms with Gasteiger partial charge in [-0.25, -0.2) is 0 Å². The summed E-state index contributed by atoms with van der Waals surface area (Å²) >= 11 is 2.17. The van der Waals surface area contributed by atoms with E-state index in [9.17, 15) is 18.0 Å². The molecule has 1 aromatic heterocycles. The first-order chi connectivity index (χ1) is 7.00. The molecule has 82 valence electrons. The molecule has 15 heavy (non-hydrogen) atoms. The Morgan fingerprint density at radius 2 is 2.07 bits per heavy atom. The standard InChI is InChI=1S/C9H7F3OS2/c10-9(11,12)8-6(1-2-15-8)7(13)5-3-14-4-5/h1-2,5H,3-4H2. The molecule has 0 atom stereocenters. The molecular weight excluding hydrogens is 245 g/mol. The Labute approximate surface area is 92.7 Å². The quantitative estimate of drug-likeness (QED) is 0.751. The third kappa shape index (κ3) is 2.06. The zero-order chi connectivity index (χ0) is 11.1. The average molecular weight is 252 g/mol. The van der Waals surface area contributed by atoms with E-state index in [0.717, 1.165) is 0 Å². The van der Waals surface area contributed by atoms with Crippen LogP contribution < -0.4 is 0 Å². The monoisotopic (exact) mass is 252 g/mol. The van der Waals surface area contributed by atoms with Gasteiger partial charge < -0.3 is 0 Å². The summed E-state index contributed by atoms with van der Waals surface area (Å²) in [6.45, 7) is 0. The predicted octanol–water partition coefficient (Wildman–Crippen LogP) is 3.31. The molecule has 0 unspecified atom stereocenters. The molecule has 2 heterocycles. The molecule has 0 aromatic carbocycles. The third-order valence-corrected chi connectivity index (χ3v) is 4.43. The number of rotatable bonds is 2. The molecule has 0 radical (unpaired) electrons. The molecule has 1 nitrogen and oxygen atoms in total. The summed E-state index contributed by atoms with van der Waals surface area (Å²) in [5, 5.41) is 1.32. The molecule has 6 heteroatoms. The maximum absolute atomic E-state index is 12.5. The number of halogens is 3. The Morgan fingerprint density at radius 1 is 1.40 bits per heavy atom. The van der Waals surface area contributed by atoms with E-state index in [1.807, 2.05) is 0 Å². The second-order valence-electron chi connectivity index (χ2n) is 3.26. The average Bonchev–Trinajstić information content (AvgIpc) is 2.45. The number of hydrogen-bond acceptors (Lipinski definition) is 3. The highest BCUT2D eigenvalue weighted by atomic mass is 32.2. The summed E-state index contributed by atoms with van der Waals surface area (Å²) in [6, 6.07) is 1.28. The summed E-state index contributed by atoms with van der Waals surface area (Å²) < 4.78 is 37.4. The lowest BCUT2D eigenvalue weighted by atomic mass is 10.0. The summed E-state index contributed by atoms with van der Waals surface area (Å²) in [5.41, 5.74) is -0.155. The van der Waals surface area contributed by atoms with E-state index in [0.29, 0.717) is 22.8 Å². The molecule has 1 aromatic rings. The first kappa shape index (κ1) is 11.0. The second-order valence-corrected chi connectivity index (χ2v) is 5.25. The largest absolute Gasteiger partial charge is 0.426 e. The highest BCUT2D eigenvalue weighted by Gasteiger charge is 2.39. The Morgan fingerprint density at radius 3 is 2.53 bits per heavy atom. The van der Waals surface area contributed by atoms with E-state index in [1.165, 1.54) is 11.4 Å². The van der Waals surface area contributed by atoms with Crippen molar-refractivity contribution in [2.24, 2.45) is 5.92 Å². The van der Waals surface area contributed by atoms with Gasteiger partial charge in [0.2, 0.25) is 0 Å². The Balaban J connectivity index is 2.28. The smallest absolute Gasteiger partial charge is 0.294 e. The van der Waals surface area contributed by atoms with Gasteiger partial charge in [-0.2, -0.15) is 24.9 Å². The van der Waals surface area contributed by atoms with Gasteiger partial charge in [-0.15, -0.1) is 11.3 Å². The van der Waals surface area contributed by atoms with Crippen molar-refractivity contribution in [2.45, 2.75) is 6.18 Å². The predicted molar refractivity (Wildman–Crippen MR) is 54.5 cm³/mol. The first-order valence-corrected chi connectivity index (χ1v) is 6.30. The van der Waals surface area contributed by atoms with Crippen molar-refractivity contribution in [1.82, 2.24) is 0 Å². The molecule has 1 aliphatic heterocycles. The summed E-state index contributed by atoms with van der Waals surface area (Å²) in [5.74, 6) is 0.714. The van der Waals surface area contributed by atoms with Crippen LogP contribution in [0.15, 0.2) is 11.4 Å². The van der Waals surface area contributed by atoms with Gasteiger partial charge in [0, 0.05) is 23.0 Å². The zero-order valence-corrected chi connectivity index (χ0v) is 9.14. The number of carbonyl (C=O) groups excluding carboxylic acids is 1. The molecule has 2 rings (SSSR count). The lowest BCUT2D eigenvalue weighted by molar-refractivity contribution is -0.134. The van der Waals surface area contributed by atoms with Crippen LogP contribution in [0.2, 0.25) is 0 Å². The van der Waals surface area contributed by atoms with Crippen LogP contribution in [0.25, 0.3) is 0 Å². The number of hydrogen-bond donors (Lipinski definition) is 0. The minimum Gasteiger partial charge on any atom is -0.294 e. The van der Waals surface area contributed by atoms with Gasteiger partial charge >= 0.3 is 6.18 Å². The minimum atomic E-state index is -4.41. The van der Waals surface area contributed by atoms with E-state index >= 15 is 0 Å². The zero-order valence-electron chi connectivity index (χ0n) is 7.50. The normalized spacial score (nSPS) is 17.5. The Bertz CT molecular complexity index is 379. The van der Waals surface area contributed by atoms with Crippen LogP contribution in [-0.4, -0.2) is 17.3 Å². The minimum absolute atomic E-state index is 0.155. The molecule has 1 aliphatic rings. The summed E-state index contributed by atoms with van der Waals surface area (Å²) in [6.07, 6.45) is -4.41. The van der Waals surface area contributed by atoms with Crippen LogP contribution in [0.4, 0.5) is 13.2 Å². The Kier molecular flexibility index (Phi) is 2.81. The molecular formula is C9H7F3OS2. The van der Waals surface area contributed by atoms with Gasteiger partial charge in [0.05, 0.1) is 0 Å². The number of Topliss-reactive ketones (excluding diaryl/α,β-unsaturated/α-hetero) is 1. The topological polar surface area (TPSA) is 17.1 Å². The molecule has 0 aliphatic carbocycles. The van der Waals surface area contributed by atoms with Gasteiger partial charge in [-0.05, 0) is 11.4 Å². The molecule has 1 fully saturated rings. The second kappa shape index (κ2) is 3.83. The number of carbonyl (C=O) groups is 1. The molecule has 0 saturated carbocycles. The van der Waals surface area contributed by atoms with Gasteiger partial charge in [-0.1, -0.05) is 0 Å². The maximum Gasteiger partial charge on any atom is 0.426 e. The third-order valence-electron chi connectivity index (χ3n) is 2.20. The number of thiophene rings is 1. The Hall–Kier alpha value is -0.490. The fourth-order valence-electron chi connectivity index (χ4n) is 1.33.